The Morgan fingerprint density at radius 1 is 1.16 bits per heavy atom. The van der Waals surface area contributed by atoms with Gasteiger partial charge in [0, 0.05) is 39.0 Å². The van der Waals surface area contributed by atoms with E-state index in [-0.39, 0.29) is 29.9 Å². The van der Waals surface area contributed by atoms with Gasteiger partial charge in [0.1, 0.15) is 17.7 Å². The van der Waals surface area contributed by atoms with Crippen molar-refractivity contribution in [2.24, 2.45) is 5.92 Å². The van der Waals surface area contributed by atoms with Crippen LogP contribution in [0.5, 0.6) is 5.75 Å². The molecule has 3 rings (SSSR count). The Hall–Kier alpha value is -1.66. The van der Waals surface area contributed by atoms with E-state index in [0.29, 0.717) is 38.1 Å². The lowest BCUT2D eigenvalue weighted by Crippen LogP contribution is -2.47. The molecule has 6 heteroatoms. The van der Waals surface area contributed by atoms with Gasteiger partial charge in [-0.3, -0.25) is 4.79 Å². The van der Waals surface area contributed by atoms with Crippen molar-refractivity contribution in [3.05, 3.63) is 30.1 Å². The molecule has 2 fully saturated rings. The Bertz CT molecular complexity index is 571. The van der Waals surface area contributed by atoms with Crippen LogP contribution in [0.25, 0.3) is 0 Å². The van der Waals surface area contributed by atoms with Crippen LogP contribution in [0.3, 0.4) is 0 Å². The first kappa shape index (κ1) is 18.1. The zero-order valence-corrected chi connectivity index (χ0v) is 14.6. The van der Waals surface area contributed by atoms with Crippen LogP contribution in [0.4, 0.5) is 4.39 Å². The first-order chi connectivity index (χ1) is 12.1. The average Bonchev–Trinajstić information content (AvgIpc) is 2.64. The van der Waals surface area contributed by atoms with Crippen molar-refractivity contribution in [1.29, 1.82) is 0 Å². The van der Waals surface area contributed by atoms with Crippen LogP contribution in [0.1, 0.15) is 32.1 Å². The van der Waals surface area contributed by atoms with E-state index in [2.05, 4.69) is 0 Å². The molecule has 3 atom stereocenters. The third-order valence-corrected chi connectivity index (χ3v) is 5.28. The van der Waals surface area contributed by atoms with Crippen LogP contribution in [-0.2, 0) is 9.53 Å². The van der Waals surface area contributed by atoms with Gasteiger partial charge in [-0.2, -0.15) is 0 Å². The Kier molecular flexibility index (Phi) is 5.91. The van der Waals surface area contributed by atoms with Crippen molar-refractivity contribution >= 4 is 5.91 Å². The van der Waals surface area contributed by atoms with Crippen LogP contribution in [0.15, 0.2) is 24.3 Å². The van der Waals surface area contributed by atoms with E-state index in [1.165, 1.54) is 12.1 Å². The van der Waals surface area contributed by atoms with Gasteiger partial charge in [0.15, 0.2) is 0 Å². The molecule has 0 spiro atoms. The van der Waals surface area contributed by atoms with Crippen LogP contribution >= 0.6 is 0 Å². The molecule has 1 amide bonds. The number of halogens is 1. The lowest BCUT2D eigenvalue weighted by Gasteiger charge is -2.37. The number of amides is 1. The molecule has 1 saturated heterocycles. The second-order valence-corrected chi connectivity index (χ2v) is 6.95. The Morgan fingerprint density at radius 2 is 1.84 bits per heavy atom. The maximum absolute atomic E-state index is 12.9. The van der Waals surface area contributed by atoms with E-state index in [1.54, 1.807) is 19.2 Å². The largest absolute Gasteiger partial charge is 0.490 e. The van der Waals surface area contributed by atoms with E-state index in [1.807, 2.05) is 4.90 Å². The molecule has 0 radical (unpaired) electrons. The normalized spacial score (nSPS) is 28.0. The van der Waals surface area contributed by atoms with Crippen molar-refractivity contribution in [1.82, 2.24) is 4.90 Å². The summed E-state index contributed by atoms with van der Waals surface area (Å²) in [7, 11) is 1.58. The van der Waals surface area contributed by atoms with Gasteiger partial charge in [-0.15, -0.1) is 0 Å². The van der Waals surface area contributed by atoms with Gasteiger partial charge < -0.3 is 19.5 Å². The van der Waals surface area contributed by atoms with Crippen molar-refractivity contribution in [3.8, 4) is 5.75 Å². The molecular weight excluding hydrogens is 325 g/mol. The molecule has 1 saturated carbocycles. The Labute approximate surface area is 147 Å². The zero-order chi connectivity index (χ0) is 17.8. The van der Waals surface area contributed by atoms with Crippen LogP contribution < -0.4 is 4.74 Å². The highest BCUT2D eigenvalue weighted by Gasteiger charge is 2.36. The third-order valence-electron chi connectivity index (χ3n) is 5.28. The number of carbonyl (C=O) groups is 1. The summed E-state index contributed by atoms with van der Waals surface area (Å²) >= 11 is 0. The highest BCUT2D eigenvalue weighted by atomic mass is 19.1. The number of hydrogen-bond donors (Lipinski definition) is 1. The van der Waals surface area contributed by atoms with E-state index in [0.717, 1.165) is 12.8 Å². The fourth-order valence-corrected chi connectivity index (χ4v) is 3.75. The zero-order valence-electron chi connectivity index (χ0n) is 14.6. The number of likely N-dealkylation sites (tertiary alicyclic amines) is 1. The van der Waals surface area contributed by atoms with Gasteiger partial charge >= 0.3 is 0 Å². The quantitative estimate of drug-likeness (QED) is 0.905. The van der Waals surface area contributed by atoms with Gasteiger partial charge in [-0.25, -0.2) is 4.39 Å². The number of benzene rings is 1. The molecule has 25 heavy (non-hydrogen) atoms. The number of methoxy groups -OCH3 is 1. The van der Waals surface area contributed by atoms with E-state index in [9.17, 15) is 14.3 Å². The number of hydrogen-bond acceptors (Lipinski definition) is 4. The van der Waals surface area contributed by atoms with E-state index < -0.39 is 6.10 Å². The lowest BCUT2D eigenvalue weighted by molar-refractivity contribution is -0.142. The van der Waals surface area contributed by atoms with Gasteiger partial charge in [-0.05, 0) is 43.5 Å². The second-order valence-electron chi connectivity index (χ2n) is 6.95. The maximum Gasteiger partial charge on any atom is 0.225 e. The van der Waals surface area contributed by atoms with Gasteiger partial charge in [0.25, 0.3) is 0 Å². The molecule has 0 aromatic heterocycles. The number of aliphatic hydroxyl groups excluding tert-OH is 1. The molecule has 1 aromatic rings. The number of aliphatic hydroxyl groups is 1. The molecule has 2 aliphatic rings. The minimum Gasteiger partial charge on any atom is -0.490 e. The predicted molar refractivity (Wildman–Crippen MR) is 90.8 cm³/mol. The second kappa shape index (κ2) is 8.15. The Balaban J connectivity index is 1.48. The van der Waals surface area contributed by atoms with Crippen molar-refractivity contribution in [2.45, 2.75) is 50.4 Å². The summed E-state index contributed by atoms with van der Waals surface area (Å²) in [4.78, 5) is 14.6. The number of nitrogens with zero attached hydrogens (tertiary/aromatic N) is 1. The highest BCUT2D eigenvalue weighted by molar-refractivity contribution is 5.79. The number of ether oxygens (including phenoxy) is 2. The first-order valence-corrected chi connectivity index (χ1v) is 8.98. The SMILES string of the molecule is CO[C@@H]1C[C@H](C(=O)N2CCC(Oc3ccc(F)cc3)CC2)CC[C@@H]1O. The van der Waals surface area contributed by atoms with Crippen molar-refractivity contribution < 1.29 is 23.8 Å². The number of rotatable bonds is 4. The standard InChI is InChI=1S/C19H26FNO4/c1-24-18-12-13(2-7-17(18)22)19(23)21-10-8-16(9-11-21)25-15-5-3-14(20)4-6-15/h3-6,13,16-18,22H,2,7-12H2,1H3/t13-,17+,18-/m1/s1. The minimum atomic E-state index is -0.469. The molecule has 5 nitrogen and oxygen atoms in total. The summed E-state index contributed by atoms with van der Waals surface area (Å²) in [5, 5.41) is 9.88. The van der Waals surface area contributed by atoms with Crippen LogP contribution in [0, 0.1) is 11.7 Å². The molecule has 1 N–H and O–H groups in total. The first-order valence-electron chi connectivity index (χ1n) is 8.98. The lowest BCUT2D eigenvalue weighted by atomic mass is 9.84. The summed E-state index contributed by atoms with van der Waals surface area (Å²) in [5.41, 5.74) is 0. The molecule has 138 valence electrons. The van der Waals surface area contributed by atoms with Gasteiger partial charge in [0.05, 0.1) is 12.2 Å². The summed E-state index contributed by atoms with van der Waals surface area (Å²) in [5.74, 6) is 0.479. The fourth-order valence-electron chi connectivity index (χ4n) is 3.75. The summed E-state index contributed by atoms with van der Waals surface area (Å²) in [6.07, 6.45) is 2.78. The minimum absolute atomic E-state index is 0.0504. The number of carbonyl (C=O) groups excluding carboxylic acids is 1. The maximum atomic E-state index is 12.9. The van der Waals surface area contributed by atoms with Crippen LogP contribution in [0.2, 0.25) is 0 Å². The molecule has 0 unspecified atom stereocenters. The molecular formula is C19H26FNO4. The van der Waals surface area contributed by atoms with E-state index in [4.69, 9.17) is 9.47 Å². The highest BCUT2D eigenvalue weighted by Crippen LogP contribution is 2.29. The predicted octanol–water partition coefficient (Wildman–Crippen LogP) is 2.37. The topological polar surface area (TPSA) is 59.0 Å². The van der Waals surface area contributed by atoms with Gasteiger partial charge in [-0.1, -0.05) is 0 Å². The van der Waals surface area contributed by atoms with Crippen molar-refractivity contribution in [3.63, 3.8) is 0 Å². The van der Waals surface area contributed by atoms with Crippen molar-refractivity contribution in [2.75, 3.05) is 20.2 Å². The molecule has 1 aliphatic heterocycles. The molecule has 1 aliphatic carbocycles. The smallest absolute Gasteiger partial charge is 0.225 e. The fraction of sp³-hybridized carbons (Fsp3) is 0.632. The molecule has 0 bridgehead atoms. The van der Waals surface area contributed by atoms with Crippen LogP contribution in [-0.4, -0.2) is 54.4 Å². The summed E-state index contributed by atoms with van der Waals surface area (Å²) < 4.78 is 24.1. The summed E-state index contributed by atoms with van der Waals surface area (Å²) in [6.45, 7) is 1.34. The molecule has 1 aromatic carbocycles. The average molecular weight is 351 g/mol. The Morgan fingerprint density at radius 3 is 2.48 bits per heavy atom. The van der Waals surface area contributed by atoms with E-state index >= 15 is 0 Å². The van der Waals surface area contributed by atoms with Gasteiger partial charge in [0.2, 0.25) is 5.91 Å². The monoisotopic (exact) mass is 351 g/mol. The molecule has 1 heterocycles. The third kappa shape index (κ3) is 4.50. The number of piperidine rings is 1. The summed E-state index contributed by atoms with van der Waals surface area (Å²) in [6, 6.07) is 6.03.